The molecular formula is C10H15BrN2O. The summed E-state index contributed by atoms with van der Waals surface area (Å²) in [4.78, 5) is 13.5. The molecule has 78 valence electrons. The second-order valence-corrected chi connectivity index (χ2v) is 4.10. The minimum Gasteiger partial charge on any atom is -0.371 e. The summed E-state index contributed by atoms with van der Waals surface area (Å²) in [6, 6.07) is 3.97. The average Bonchev–Trinajstić information content (AvgIpc) is 2.20. The van der Waals surface area contributed by atoms with Gasteiger partial charge in [-0.05, 0) is 13.0 Å². The van der Waals surface area contributed by atoms with Gasteiger partial charge in [-0.1, -0.05) is 15.9 Å². The lowest BCUT2D eigenvalue weighted by Crippen LogP contribution is -2.31. The molecule has 0 bridgehead atoms. The first-order valence-electron chi connectivity index (χ1n) is 4.51. The zero-order chi connectivity index (χ0) is 10.7. The van der Waals surface area contributed by atoms with Crippen molar-refractivity contribution < 1.29 is 0 Å². The second-order valence-electron chi connectivity index (χ2n) is 3.45. The van der Waals surface area contributed by atoms with Crippen molar-refractivity contribution in [3.05, 3.63) is 28.7 Å². The summed E-state index contributed by atoms with van der Waals surface area (Å²) in [5, 5.41) is 0.888. The molecule has 0 saturated heterocycles. The monoisotopic (exact) mass is 258 g/mol. The Morgan fingerprint density at radius 1 is 1.64 bits per heavy atom. The van der Waals surface area contributed by atoms with E-state index in [1.54, 1.807) is 23.9 Å². The van der Waals surface area contributed by atoms with Crippen molar-refractivity contribution in [3.8, 4) is 0 Å². The number of rotatable bonds is 3. The topological polar surface area (TPSA) is 25.2 Å². The Labute approximate surface area is 92.5 Å². The third-order valence-corrected chi connectivity index (χ3v) is 3.32. The smallest absolute Gasteiger partial charge is 0.252 e. The first-order chi connectivity index (χ1) is 6.56. The Morgan fingerprint density at radius 3 is 2.79 bits per heavy atom. The molecule has 14 heavy (non-hydrogen) atoms. The van der Waals surface area contributed by atoms with Crippen molar-refractivity contribution in [2.45, 2.75) is 13.0 Å². The summed E-state index contributed by atoms with van der Waals surface area (Å²) in [6.07, 6.45) is 1.79. The van der Waals surface area contributed by atoms with Crippen LogP contribution in [0.2, 0.25) is 0 Å². The first-order valence-corrected chi connectivity index (χ1v) is 5.64. The number of alkyl halides is 1. The van der Waals surface area contributed by atoms with Crippen LogP contribution in [-0.2, 0) is 7.05 Å². The van der Waals surface area contributed by atoms with Gasteiger partial charge in [0.1, 0.15) is 0 Å². The predicted molar refractivity (Wildman–Crippen MR) is 63.3 cm³/mol. The van der Waals surface area contributed by atoms with E-state index in [0.717, 1.165) is 11.0 Å². The number of hydrogen-bond donors (Lipinski definition) is 0. The number of hydrogen-bond acceptors (Lipinski definition) is 2. The molecule has 0 saturated carbocycles. The van der Waals surface area contributed by atoms with E-state index in [4.69, 9.17) is 0 Å². The highest BCUT2D eigenvalue weighted by molar-refractivity contribution is 9.09. The van der Waals surface area contributed by atoms with Gasteiger partial charge in [0.25, 0.3) is 5.56 Å². The number of pyridine rings is 1. The quantitative estimate of drug-likeness (QED) is 0.770. The number of aromatic nitrogens is 1. The highest BCUT2D eigenvalue weighted by Crippen LogP contribution is 2.12. The summed E-state index contributed by atoms with van der Waals surface area (Å²) in [7, 11) is 3.74. The van der Waals surface area contributed by atoms with Crippen LogP contribution >= 0.6 is 15.9 Å². The van der Waals surface area contributed by atoms with Crippen LogP contribution in [0.3, 0.4) is 0 Å². The maximum absolute atomic E-state index is 11.4. The van der Waals surface area contributed by atoms with Gasteiger partial charge in [-0.3, -0.25) is 4.79 Å². The lowest BCUT2D eigenvalue weighted by molar-refractivity contribution is 0.762. The molecule has 0 aromatic carbocycles. The number of anilines is 1. The summed E-state index contributed by atoms with van der Waals surface area (Å²) >= 11 is 3.42. The SMILES string of the molecule is CC(CBr)N(C)c1ccn(C)c(=O)c1. The zero-order valence-electron chi connectivity index (χ0n) is 8.70. The molecule has 0 fully saturated rings. The molecule has 0 aliphatic rings. The van der Waals surface area contributed by atoms with Gasteiger partial charge in [0.15, 0.2) is 0 Å². The Kier molecular flexibility index (Phi) is 3.75. The minimum absolute atomic E-state index is 0.0242. The van der Waals surface area contributed by atoms with Gasteiger partial charge in [0.05, 0.1) is 0 Å². The van der Waals surface area contributed by atoms with E-state index in [2.05, 4.69) is 27.8 Å². The van der Waals surface area contributed by atoms with Crippen molar-refractivity contribution in [1.29, 1.82) is 0 Å². The Hall–Kier alpha value is -0.770. The fraction of sp³-hybridized carbons (Fsp3) is 0.500. The van der Waals surface area contributed by atoms with Gasteiger partial charge in [0.2, 0.25) is 0 Å². The van der Waals surface area contributed by atoms with Crippen molar-refractivity contribution in [3.63, 3.8) is 0 Å². The summed E-state index contributed by atoms with van der Waals surface area (Å²) < 4.78 is 1.57. The fourth-order valence-electron chi connectivity index (χ4n) is 1.12. The van der Waals surface area contributed by atoms with Gasteiger partial charge >= 0.3 is 0 Å². The lowest BCUT2D eigenvalue weighted by atomic mass is 10.3. The third-order valence-electron chi connectivity index (χ3n) is 2.38. The molecule has 1 rings (SSSR count). The Morgan fingerprint density at radius 2 is 2.29 bits per heavy atom. The van der Waals surface area contributed by atoms with Gasteiger partial charge in [-0.15, -0.1) is 0 Å². The van der Waals surface area contributed by atoms with Crippen molar-refractivity contribution >= 4 is 21.6 Å². The minimum atomic E-state index is 0.0242. The van der Waals surface area contributed by atoms with Gasteiger partial charge in [-0.2, -0.15) is 0 Å². The zero-order valence-corrected chi connectivity index (χ0v) is 10.3. The molecule has 0 amide bonds. The molecule has 1 atom stereocenters. The first kappa shape index (κ1) is 11.3. The van der Waals surface area contributed by atoms with Crippen molar-refractivity contribution in [2.24, 2.45) is 7.05 Å². The number of aryl methyl sites for hydroxylation is 1. The lowest BCUT2D eigenvalue weighted by Gasteiger charge is -2.25. The largest absolute Gasteiger partial charge is 0.371 e. The second kappa shape index (κ2) is 4.64. The van der Waals surface area contributed by atoms with Crippen LogP contribution in [0.25, 0.3) is 0 Å². The number of nitrogens with zero attached hydrogens (tertiary/aromatic N) is 2. The van der Waals surface area contributed by atoms with E-state index in [1.807, 2.05) is 13.1 Å². The van der Waals surface area contributed by atoms with Crippen LogP contribution in [0.1, 0.15) is 6.92 Å². The van der Waals surface area contributed by atoms with E-state index in [0.29, 0.717) is 6.04 Å². The summed E-state index contributed by atoms with van der Waals surface area (Å²) in [5.41, 5.74) is 0.983. The maximum atomic E-state index is 11.4. The molecular weight excluding hydrogens is 244 g/mol. The molecule has 1 aromatic heterocycles. The molecule has 0 aliphatic carbocycles. The van der Waals surface area contributed by atoms with E-state index in [1.165, 1.54) is 0 Å². The van der Waals surface area contributed by atoms with E-state index < -0.39 is 0 Å². The average molecular weight is 259 g/mol. The maximum Gasteiger partial charge on any atom is 0.252 e. The van der Waals surface area contributed by atoms with Crippen molar-refractivity contribution in [2.75, 3.05) is 17.3 Å². The molecule has 1 unspecified atom stereocenters. The summed E-state index contributed by atoms with van der Waals surface area (Å²) in [6.45, 7) is 2.10. The van der Waals surface area contributed by atoms with Gasteiger partial charge in [-0.25, -0.2) is 0 Å². The van der Waals surface area contributed by atoms with E-state index in [-0.39, 0.29) is 5.56 Å². The van der Waals surface area contributed by atoms with Crippen LogP contribution in [0, 0.1) is 0 Å². The summed E-state index contributed by atoms with van der Waals surface area (Å²) in [5.74, 6) is 0. The van der Waals surface area contributed by atoms with E-state index >= 15 is 0 Å². The highest BCUT2D eigenvalue weighted by Gasteiger charge is 2.08. The van der Waals surface area contributed by atoms with Crippen LogP contribution < -0.4 is 10.5 Å². The van der Waals surface area contributed by atoms with Crippen LogP contribution in [0.5, 0.6) is 0 Å². The highest BCUT2D eigenvalue weighted by atomic mass is 79.9. The van der Waals surface area contributed by atoms with Crippen LogP contribution in [-0.4, -0.2) is 23.0 Å². The molecule has 3 nitrogen and oxygen atoms in total. The molecule has 0 spiro atoms. The molecule has 0 N–H and O–H groups in total. The molecule has 1 heterocycles. The van der Waals surface area contributed by atoms with Crippen molar-refractivity contribution in [1.82, 2.24) is 4.57 Å². The fourth-order valence-corrected chi connectivity index (χ4v) is 1.55. The Bertz CT molecular complexity index is 361. The van der Waals surface area contributed by atoms with E-state index in [9.17, 15) is 4.79 Å². The van der Waals surface area contributed by atoms with Gasteiger partial charge < -0.3 is 9.47 Å². The molecule has 0 radical (unpaired) electrons. The predicted octanol–water partition coefficient (Wildman–Crippen LogP) is 1.60. The van der Waals surface area contributed by atoms with Crippen LogP contribution in [0.4, 0.5) is 5.69 Å². The molecule has 1 aromatic rings. The standard InChI is InChI=1S/C10H15BrN2O/c1-8(7-11)13(3)9-4-5-12(2)10(14)6-9/h4-6,8H,7H2,1-3H3. The Balaban J connectivity index is 2.97. The third kappa shape index (κ3) is 2.38. The van der Waals surface area contributed by atoms with Crippen LogP contribution in [0.15, 0.2) is 23.1 Å². The molecule has 4 heteroatoms. The van der Waals surface area contributed by atoms with Gasteiger partial charge in [0, 0.05) is 43.4 Å². The normalized spacial score (nSPS) is 12.6. The molecule has 0 aliphatic heterocycles. The number of halogens is 1.